The molecule has 3 aromatic rings. The number of fused-ring (bicyclic) bond motifs is 1. The largest absolute Gasteiger partial charge is 0.352 e. The van der Waals surface area contributed by atoms with E-state index in [2.05, 4.69) is 20.8 Å². The van der Waals surface area contributed by atoms with E-state index in [1.54, 1.807) is 6.21 Å². The fourth-order valence-electron chi connectivity index (χ4n) is 2.07. The lowest BCUT2D eigenvalue weighted by Gasteiger charge is -2.01. The molecule has 2 N–H and O–H groups in total. The van der Waals surface area contributed by atoms with Gasteiger partial charge >= 0.3 is 0 Å². The van der Waals surface area contributed by atoms with Crippen molar-refractivity contribution in [2.75, 3.05) is 11.9 Å². The van der Waals surface area contributed by atoms with E-state index in [1.807, 2.05) is 55.5 Å². The van der Waals surface area contributed by atoms with Crippen LogP contribution in [0.3, 0.4) is 0 Å². The van der Waals surface area contributed by atoms with Crippen LogP contribution in [0.4, 0.5) is 5.13 Å². The predicted octanol–water partition coefficient (Wildman–Crippen LogP) is 3.17. The molecular weight excluding hydrogens is 308 g/mol. The van der Waals surface area contributed by atoms with Crippen molar-refractivity contribution < 1.29 is 4.79 Å². The summed E-state index contributed by atoms with van der Waals surface area (Å²) in [6.45, 7) is 2.14. The Balaban J connectivity index is 1.51. The molecule has 0 unspecified atom stereocenters. The quantitative estimate of drug-likeness (QED) is 0.559. The summed E-state index contributed by atoms with van der Waals surface area (Å²) in [5, 5.41) is 7.70. The normalized spacial score (nSPS) is 11.0. The molecule has 3 rings (SSSR count). The summed E-state index contributed by atoms with van der Waals surface area (Å²) in [6, 6.07) is 15.8. The second-order valence-electron chi connectivity index (χ2n) is 5.05. The number of carbonyl (C=O) groups is 1. The zero-order chi connectivity index (χ0) is 16.1. The Morgan fingerprint density at radius 2 is 2.13 bits per heavy atom. The fraction of sp³-hybridized carbons (Fsp3) is 0.118. The van der Waals surface area contributed by atoms with Gasteiger partial charge in [0.15, 0.2) is 5.13 Å². The number of nitrogens with one attached hydrogen (secondary N) is 2. The Morgan fingerprint density at radius 3 is 2.96 bits per heavy atom. The number of rotatable bonds is 5. The van der Waals surface area contributed by atoms with Gasteiger partial charge in [-0.15, -0.1) is 0 Å². The van der Waals surface area contributed by atoms with Crippen LogP contribution in [0.15, 0.2) is 53.6 Å². The SMILES string of the molecule is Cc1cccc(/C=N\NC(=O)CNc2nc3ccccc3s2)c1. The molecule has 0 bridgehead atoms. The topological polar surface area (TPSA) is 66.4 Å². The zero-order valence-electron chi connectivity index (χ0n) is 12.6. The van der Waals surface area contributed by atoms with Crippen LogP contribution < -0.4 is 10.7 Å². The first-order valence-corrected chi connectivity index (χ1v) is 8.00. The highest BCUT2D eigenvalue weighted by Gasteiger charge is 2.04. The number of para-hydroxylation sites is 1. The number of amides is 1. The number of carbonyl (C=O) groups excluding carboxylic acids is 1. The first kappa shape index (κ1) is 15.2. The molecule has 0 radical (unpaired) electrons. The van der Waals surface area contributed by atoms with Crippen molar-refractivity contribution in [3.63, 3.8) is 0 Å². The van der Waals surface area contributed by atoms with Gasteiger partial charge < -0.3 is 5.32 Å². The maximum absolute atomic E-state index is 11.8. The minimum absolute atomic E-state index is 0.130. The van der Waals surface area contributed by atoms with Gasteiger partial charge in [0, 0.05) is 0 Å². The van der Waals surface area contributed by atoms with E-state index < -0.39 is 0 Å². The number of anilines is 1. The van der Waals surface area contributed by atoms with E-state index >= 15 is 0 Å². The maximum atomic E-state index is 11.8. The number of hydrogen-bond donors (Lipinski definition) is 2. The first-order valence-electron chi connectivity index (χ1n) is 7.19. The van der Waals surface area contributed by atoms with Crippen LogP contribution in [-0.4, -0.2) is 23.7 Å². The summed E-state index contributed by atoms with van der Waals surface area (Å²) in [6.07, 6.45) is 1.63. The molecule has 0 aliphatic carbocycles. The van der Waals surface area contributed by atoms with Crippen LogP contribution in [0.2, 0.25) is 0 Å². The monoisotopic (exact) mass is 324 g/mol. The standard InChI is InChI=1S/C17H16N4OS/c1-12-5-4-6-13(9-12)10-19-21-16(22)11-18-17-20-14-7-2-3-8-15(14)23-17/h2-10H,11H2,1H3,(H,18,20)(H,21,22)/b19-10-. The third-order valence-electron chi connectivity index (χ3n) is 3.14. The highest BCUT2D eigenvalue weighted by atomic mass is 32.1. The van der Waals surface area contributed by atoms with Crippen LogP contribution in [0, 0.1) is 6.92 Å². The number of aromatic nitrogens is 1. The molecule has 5 nitrogen and oxygen atoms in total. The van der Waals surface area contributed by atoms with Crippen molar-refractivity contribution in [2.45, 2.75) is 6.92 Å². The molecule has 23 heavy (non-hydrogen) atoms. The van der Waals surface area contributed by atoms with Crippen LogP contribution in [-0.2, 0) is 4.79 Å². The van der Waals surface area contributed by atoms with Crippen molar-refractivity contribution in [3.8, 4) is 0 Å². The van der Waals surface area contributed by atoms with Crippen LogP contribution in [0.1, 0.15) is 11.1 Å². The van der Waals surface area contributed by atoms with Gasteiger partial charge in [0.2, 0.25) is 0 Å². The smallest absolute Gasteiger partial charge is 0.259 e. The summed E-state index contributed by atoms with van der Waals surface area (Å²) < 4.78 is 1.09. The van der Waals surface area contributed by atoms with Gasteiger partial charge in [-0.3, -0.25) is 4.79 Å². The molecule has 0 aliphatic rings. The van der Waals surface area contributed by atoms with E-state index in [9.17, 15) is 4.79 Å². The van der Waals surface area contributed by atoms with Gasteiger partial charge in [-0.05, 0) is 24.6 Å². The molecule has 0 aliphatic heterocycles. The Labute approximate surface area is 138 Å². The van der Waals surface area contributed by atoms with Crippen molar-refractivity contribution in [1.29, 1.82) is 0 Å². The van der Waals surface area contributed by atoms with E-state index in [0.717, 1.165) is 26.5 Å². The molecule has 0 spiro atoms. The lowest BCUT2D eigenvalue weighted by atomic mass is 10.2. The summed E-state index contributed by atoms with van der Waals surface area (Å²) in [7, 11) is 0. The summed E-state index contributed by atoms with van der Waals surface area (Å²) in [5.41, 5.74) is 5.53. The molecule has 1 aromatic heterocycles. The van der Waals surface area contributed by atoms with Gasteiger partial charge in [0.1, 0.15) is 0 Å². The zero-order valence-corrected chi connectivity index (χ0v) is 13.4. The maximum Gasteiger partial charge on any atom is 0.259 e. The van der Waals surface area contributed by atoms with E-state index in [-0.39, 0.29) is 12.5 Å². The molecule has 116 valence electrons. The van der Waals surface area contributed by atoms with Crippen molar-refractivity contribution >= 4 is 38.8 Å². The average molecular weight is 324 g/mol. The lowest BCUT2D eigenvalue weighted by molar-refractivity contribution is -0.119. The third-order valence-corrected chi connectivity index (χ3v) is 4.13. The van der Waals surface area contributed by atoms with Gasteiger partial charge in [-0.2, -0.15) is 5.10 Å². The van der Waals surface area contributed by atoms with Gasteiger partial charge in [0.25, 0.3) is 5.91 Å². The third kappa shape index (κ3) is 4.14. The Morgan fingerprint density at radius 1 is 1.26 bits per heavy atom. The molecular formula is C17H16N4OS. The molecule has 0 saturated heterocycles. The summed E-state index contributed by atoms with van der Waals surface area (Å²) in [4.78, 5) is 16.2. The average Bonchev–Trinajstić information content (AvgIpc) is 2.96. The molecule has 1 amide bonds. The number of nitrogens with zero attached hydrogens (tertiary/aromatic N) is 2. The summed E-state index contributed by atoms with van der Waals surface area (Å²) >= 11 is 1.52. The molecule has 0 saturated carbocycles. The Kier molecular flexibility index (Phi) is 4.63. The van der Waals surface area contributed by atoms with Crippen molar-refractivity contribution in [1.82, 2.24) is 10.4 Å². The number of aryl methyl sites for hydroxylation is 1. The second-order valence-corrected chi connectivity index (χ2v) is 6.08. The molecule has 1 heterocycles. The summed E-state index contributed by atoms with van der Waals surface area (Å²) in [5.74, 6) is -0.215. The molecule has 0 atom stereocenters. The van der Waals surface area contributed by atoms with Crippen LogP contribution in [0.5, 0.6) is 0 Å². The highest BCUT2D eigenvalue weighted by molar-refractivity contribution is 7.22. The Hall–Kier alpha value is -2.73. The van der Waals surface area contributed by atoms with E-state index in [0.29, 0.717) is 0 Å². The van der Waals surface area contributed by atoms with Gasteiger partial charge in [-0.25, -0.2) is 10.4 Å². The number of thiazole rings is 1. The van der Waals surface area contributed by atoms with E-state index in [1.165, 1.54) is 11.3 Å². The fourth-order valence-corrected chi connectivity index (χ4v) is 2.93. The lowest BCUT2D eigenvalue weighted by Crippen LogP contribution is -2.25. The van der Waals surface area contributed by atoms with Crippen LogP contribution in [0.25, 0.3) is 10.2 Å². The first-order chi connectivity index (χ1) is 11.2. The molecule has 6 heteroatoms. The second kappa shape index (κ2) is 7.02. The number of benzene rings is 2. The van der Waals surface area contributed by atoms with Crippen LogP contribution >= 0.6 is 11.3 Å². The number of hydrogen-bond acceptors (Lipinski definition) is 5. The minimum atomic E-state index is -0.215. The minimum Gasteiger partial charge on any atom is -0.352 e. The molecule has 0 fully saturated rings. The van der Waals surface area contributed by atoms with Crippen molar-refractivity contribution in [3.05, 3.63) is 59.7 Å². The van der Waals surface area contributed by atoms with E-state index in [4.69, 9.17) is 0 Å². The highest BCUT2D eigenvalue weighted by Crippen LogP contribution is 2.24. The predicted molar refractivity (Wildman–Crippen MR) is 95.0 cm³/mol. The molecule has 2 aromatic carbocycles. The van der Waals surface area contributed by atoms with Crippen molar-refractivity contribution in [2.24, 2.45) is 5.10 Å². The Bertz CT molecular complexity index is 823. The number of hydrazone groups is 1. The van der Waals surface area contributed by atoms with Gasteiger partial charge in [-0.1, -0.05) is 53.3 Å². The van der Waals surface area contributed by atoms with Gasteiger partial charge in [0.05, 0.1) is 23.0 Å².